The summed E-state index contributed by atoms with van der Waals surface area (Å²) in [5, 5.41) is 0. The first-order chi connectivity index (χ1) is 4.65. The summed E-state index contributed by atoms with van der Waals surface area (Å²) in [7, 11) is -4.33. The Bertz CT molecular complexity index is 215. The van der Waals surface area contributed by atoms with E-state index < -0.39 is 16.0 Å². The second-order valence-electron chi connectivity index (χ2n) is 3.27. The van der Waals surface area contributed by atoms with Crippen molar-refractivity contribution in [2.45, 2.75) is 33.3 Å². The van der Waals surface area contributed by atoms with E-state index in [1.54, 1.807) is 13.8 Å². The fraction of sp³-hybridized carbons (Fsp3) is 1.00. The maximum absolute atomic E-state index is 10.3. The molecule has 0 spiro atoms. The number of hydrogen-bond donors (Lipinski definition) is 1. The summed E-state index contributed by atoms with van der Waals surface area (Å²) < 4.78 is 33.3. The predicted octanol–water partition coefficient (Wildman–Crippen LogP) is 1.24. The largest absolute Gasteiger partial charge is 0.397 e. The molecule has 0 aromatic heterocycles. The SMILES string of the molecule is CC(C)C(C)(C)OS(=O)(=O)O. The summed E-state index contributed by atoms with van der Waals surface area (Å²) >= 11 is 0. The van der Waals surface area contributed by atoms with Crippen molar-refractivity contribution in [3.8, 4) is 0 Å². The first kappa shape index (κ1) is 10.9. The van der Waals surface area contributed by atoms with Crippen LogP contribution in [0.2, 0.25) is 0 Å². The van der Waals surface area contributed by atoms with Crippen molar-refractivity contribution < 1.29 is 17.2 Å². The fourth-order valence-corrected chi connectivity index (χ4v) is 1.10. The molecule has 0 bridgehead atoms. The zero-order valence-corrected chi connectivity index (χ0v) is 7.97. The monoisotopic (exact) mass is 182 g/mol. The Labute approximate surface area is 67.5 Å². The highest BCUT2D eigenvalue weighted by Crippen LogP contribution is 2.21. The molecule has 0 aromatic carbocycles. The highest BCUT2D eigenvalue weighted by molar-refractivity contribution is 7.80. The van der Waals surface area contributed by atoms with E-state index in [0.29, 0.717) is 0 Å². The van der Waals surface area contributed by atoms with Crippen LogP contribution in [0.25, 0.3) is 0 Å². The van der Waals surface area contributed by atoms with Crippen LogP contribution in [0.3, 0.4) is 0 Å². The average molecular weight is 182 g/mol. The van der Waals surface area contributed by atoms with Crippen LogP contribution in [0.15, 0.2) is 0 Å². The Balaban J connectivity index is 4.38. The van der Waals surface area contributed by atoms with Crippen molar-refractivity contribution in [1.82, 2.24) is 0 Å². The Morgan fingerprint density at radius 3 is 1.82 bits per heavy atom. The molecule has 0 unspecified atom stereocenters. The molecular formula is C6H14O4S. The topological polar surface area (TPSA) is 63.6 Å². The minimum atomic E-state index is -4.33. The summed E-state index contributed by atoms with van der Waals surface area (Å²) in [6.07, 6.45) is 0. The maximum atomic E-state index is 10.3. The van der Waals surface area contributed by atoms with Gasteiger partial charge in [0.05, 0.1) is 5.60 Å². The Kier molecular flexibility index (Phi) is 3.05. The second kappa shape index (κ2) is 3.08. The van der Waals surface area contributed by atoms with Crippen LogP contribution in [0, 0.1) is 5.92 Å². The molecule has 11 heavy (non-hydrogen) atoms. The van der Waals surface area contributed by atoms with Crippen molar-refractivity contribution in [2.24, 2.45) is 5.92 Å². The molecule has 1 N–H and O–H groups in total. The smallest absolute Gasteiger partial charge is 0.264 e. The molecule has 0 heterocycles. The lowest BCUT2D eigenvalue weighted by molar-refractivity contribution is 0.0539. The number of hydrogen-bond acceptors (Lipinski definition) is 3. The third-order valence-electron chi connectivity index (χ3n) is 1.71. The molecular weight excluding hydrogens is 168 g/mol. The van der Waals surface area contributed by atoms with Gasteiger partial charge in [-0.3, -0.25) is 4.55 Å². The van der Waals surface area contributed by atoms with Gasteiger partial charge in [0, 0.05) is 0 Å². The molecule has 0 atom stereocenters. The second-order valence-corrected chi connectivity index (χ2v) is 4.29. The van der Waals surface area contributed by atoms with Crippen LogP contribution < -0.4 is 0 Å². The van der Waals surface area contributed by atoms with E-state index in [9.17, 15) is 8.42 Å². The maximum Gasteiger partial charge on any atom is 0.397 e. The van der Waals surface area contributed by atoms with E-state index in [1.807, 2.05) is 13.8 Å². The molecule has 0 aliphatic carbocycles. The van der Waals surface area contributed by atoms with Crippen molar-refractivity contribution in [1.29, 1.82) is 0 Å². The summed E-state index contributed by atoms with van der Waals surface area (Å²) in [6, 6.07) is 0. The quantitative estimate of drug-likeness (QED) is 0.667. The van der Waals surface area contributed by atoms with Gasteiger partial charge in [-0.05, 0) is 19.8 Å². The lowest BCUT2D eigenvalue weighted by atomic mass is 9.95. The average Bonchev–Trinajstić information content (AvgIpc) is 1.56. The van der Waals surface area contributed by atoms with Gasteiger partial charge >= 0.3 is 10.4 Å². The molecule has 0 aromatic rings. The molecule has 5 heteroatoms. The van der Waals surface area contributed by atoms with Crippen LogP contribution in [-0.4, -0.2) is 18.6 Å². The van der Waals surface area contributed by atoms with E-state index in [-0.39, 0.29) is 5.92 Å². The predicted molar refractivity (Wildman–Crippen MR) is 41.6 cm³/mol. The molecule has 0 amide bonds. The first-order valence-corrected chi connectivity index (χ1v) is 4.70. The van der Waals surface area contributed by atoms with E-state index in [0.717, 1.165) is 0 Å². The molecule has 0 saturated carbocycles. The number of rotatable bonds is 3. The lowest BCUT2D eigenvalue weighted by Crippen LogP contribution is -2.33. The summed E-state index contributed by atoms with van der Waals surface area (Å²) in [5.41, 5.74) is -0.854. The van der Waals surface area contributed by atoms with E-state index in [4.69, 9.17) is 4.55 Å². The van der Waals surface area contributed by atoms with Gasteiger partial charge in [-0.15, -0.1) is 0 Å². The van der Waals surface area contributed by atoms with E-state index in [1.165, 1.54) is 0 Å². The van der Waals surface area contributed by atoms with E-state index >= 15 is 0 Å². The van der Waals surface area contributed by atoms with Crippen LogP contribution in [0.5, 0.6) is 0 Å². The van der Waals surface area contributed by atoms with Crippen molar-refractivity contribution in [3.63, 3.8) is 0 Å². The van der Waals surface area contributed by atoms with Crippen molar-refractivity contribution in [2.75, 3.05) is 0 Å². The molecule has 0 saturated heterocycles. The van der Waals surface area contributed by atoms with Crippen molar-refractivity contribution >= 4 is 10.4 Å². The van der Waals surface area contributed by atoms with Gasteiger partial charge in [0.15, 0.2) is 0 Å². The van der Waals surface area contributed by atoms with Gasteiger partial charge in [0.2, 0.25) is 0 Å². The fourth-order valence-electron chi connectivity index (χ4n) is 0.368. The standard InChI is InChI=1S/C6H14O4S/c1-5(2)6(3,4)10-11(7,8)9/h5H,1-4H3,(H,7,8,9). The Hall–Kier alpha value is -0.130. The molecule has 0 aliphatic heterocycles. The summed E-state index contributed by atoms with van der Waals surface area (Å²) in [5.74, 6) is 0.0180. The Morgan fingerprint density at radius 2 is 1.73 bits per heavy atom. The third kappa shape index (κ3) is 4.34. The van der Waals surface area contributed by atoms with Crippen LogP contribution in [0.1, 0.15) is 27.7 Å². The summed E-state index contributed by atoms with van der Waals surface area (Å²) in [6.45, 7) is 6.83. The minimum absolute atomic E-state index is 0.0180. The zero-order valence-electron chi connectivity index (χ0n) is 7.16. The van der Waals surface area contributed by atoms with Gasteiger partial charge in [-0.1, -0.05) is 13.8 Å². The van der Waals surface area contributed by atoms with Crippen LogP contribution in [0.4, 0.5) is 0 Å². The minimum Gasteiger partial charge on any atom is -0.264 e. The normalized spacial score (nSPS) is 14.0. The first-order valence-electron chi connectivity index (χ1n) is 3.33. The van der Waals surface area contributed by atoms with Crippen molar-refractivity contribution in [3.05, 3.63) is 0 Å². The lowest BCUT2D eigenvalue weighted by Gasteiger charge is -2.26. The van der Waals surface area contributed by atoms with Crippen LogP contribution >= 0.6 is 0 Å². The third-order valence-corrected chi connectivity index (χ3v) is 2.35. The van der Waals surface area contributed by atoms with Gasteiger partial charge in [-0.25, -0.2) is 4.18 Å². The van der Waals surface area contributed by atoms with Gasteiger partial charge in [0.25, 0.3) is 0 Å². The van der Waals surface area contributed by atoms with Gasteiger partial charge in [-0.2, -0.15) is 8.42 Å². The molecule has 0 rings (SSSR count). The molecule has 0 radical (unpaired) electrons. The van der Waals surface area contributed by atoms with E-state index in [2.05, 4.69) is 4.18 Å². The summed E-state index contributed by atoms with van der Waals surface area (Å²) in [4.78, 5) is 0. The van der Waals surface area contributed by atoms with Gasteiger partial charge in [0.1, 0.15) is 0 Å². The molecule has 4 nitrogen and oxygen atoms in total. The highest BCUT2D eigenvalue weighted by Gasteiger charge is 2.28. The highest BCUT2D eigenvalue weighted by atomic mass is 32.3. The zero-order chi connectivity index (χ0) is 9.28. The van der Waals surface area contributed by atoms with Crippen LogP contribution in [-0.2, 0) is 14.6 Å². The molecule has 0 fully saturated rings. The van der Waals surface area contributed by atoms with Gasteiger partial charge < -0.3 is 0 Å². The molecule has 0 aliphatic rings. The Morgan fingerprint density at radius 1 is 1.36 bits per heavy atom. The molecule has 68 valence electrons.